The van der Waals surface area contributed by atoms with E-state index in [4.69, 9.17) is 0 Å². The second-order valence-electron chi connectivity index (χ2n) is 3.06. The van der Waals surface area contributed by atoms with Gasteiger partial charge in [-0.1, -0.05) is 13.3 Å². The molecular weight excluding hydrogens is 129 g/mol. The van der Waals surface area contributed by atoms with Gasteiger partial charge in [-0.25, -0.2) is 0 Å². The minimum atomic E-state index is -0.150. The summed E-state index contributed by atoms with van der Waals surface area (Å²) in [5.74, 6) is 1.34. The average Bonchev–Trinajstić information content (AvgIpc) is 2.36. The third kappa shape index (κ3) is 1.69. The molecule has 0 bridgehead atoms. The molecule has 1 rings (SSSR count). The lowest BCUT2D eigenvalue weighted by Crippen LogP contribution is -2.11. The van der Waals surface area contributed by atoms with Crippen molar-refractivity contribution in [3.63, 3.8) is 0 Å². The normalized spacial score (nSPS) is 33.0. The van der Waals surface area contributed by atoms with E-state index >= 15 is 0 Å². The first-order chi connectivity index (χ1) is 4.88. The second-order valence-corrected chi connectivity index (χ2v) is 3.06. The standard InChI is InChI=1S/C8H16FN/c1-2-7-5-10-6-8(7)3-4-9/h7-8,10H,2-6H2,1H3. The molecule has 1 N–H and O–H groups in total. The molecule has 0 aromatic rings. The minimum absolute atomic E-state index is 0.150. The van der Waals surface area contributed by atoms with Gasteiger partial charge >= 0.3 is 0 Å². The molecule has 1 saturated heterocycles. The molecule has 10 heavy (non-hydrogen) atoms. The molecule has 0 aliphatic carbocycles. The lowest BCUT2D eigenvalue weighted by Gasteiger charge is -2.13. The van der Waals surface area contributed by atoms with Crippen LogP contribution in [0.25, 0.3) is 0 Å². The van der Waals surface area contributed by atoms with E-state index in [2.05, 4.69) is 12.2 Å². The summed E-state index contributed by atoms with van der Waals surface area (Å²) >= 11 is 0. The van der Waals surface area contributed by atoms with Gasteiger partial charge in [-0.05, 0) is 31.3 Å². The van der Waals surface area contributed by atoms with E-state index in [-0.39, 0.29) is 6.67 Å². The van der Waals surface area contributed by atoms with Crippen molar-refractivity contribution < 1.29 is 4.39 Å². The predicted octanol–water partition coefficient (Wildman–Crippen LogP) is 1.59. The van der Waals surface area contributed by atoms with Crippen molar-refractivity contribution in [2.75, 3.05) is 19.8 Å². The van der Waals surface area contributed by atoms with E-state index in [1.54, 1.807) is 0 Å². The highest BCUT2D eigenvalue weighted by molar-refractivity contribution is 4.79. The first-order valence-corrected chi connectivity index (χ1v) is 4.15. The van der Waals surface area contributed by atoms with E-state index in [0.29, 0.717) is 5.92 Å². The topological polar surface area (TPSA) is 12.0 Å². The van der Waals surface area contributed by atoms with Gasteiger partial charge in [-0.2, -0.15) is 0 Å². The van der Waals surface area contributed by atoms with Crippen LogP contribution in [0.4, 0.5) is 4.39 Å². The van der Waals surface area contributed by atoms with Crippen LogP contribution in [0.5, 0.6) is 0 Å². The molecule has 2 unspecified atom stereocenters. The van der Waals surface area contributed by atoms with Crippen molar-refractivity contribution in [3.8, 4) is 0 Å². The van der Waals surface area contributed by atoms with Crippen LogP contribution in [0.3, 0.4) is 0 Å². The van der Waals surface area contributed by atoms with Crippen LogP contribution in [0.15, 0.2) is 0 Å². The molecule has 0 amide bonds. The number of halogens is 1. The molecule has 1 nitrogen and oxygen atoms in total. The molecule has 0 spiro atoms. The Balaban J connectivity index is 2.27. The van der Waals surface area contributed by atoms with Crippen LogP contribution in [-0.2, 0) is 0 Å². The lowest BCUT2D eigenvalue weighted by molar-refractivity contribution is 0.334. The van der Waals surface area contributed by atoms with Crippen LogP contribution in [0.1, 0.15) is 19.8 Å². The van der Waals surface area contributed by atoms with E-state index in [0.717, 1.165) is 25.4 Å². The van der Waals surface area contributed by atoms with E-state index in [1.807, 2.05) is 0 Å². The number of rotatable bonds is 3. The van der Waals surface area contributed by atoms with Gasteiger partial charge in [0.25, 0.3) is 0 Å². The zero-order chi connectivity index (χ0) is 7.40. The third-order valence-electron chi connectivity index (χ3n) is 2.48. The van der Waals surface area contributed by atoms with Gasteiger partial charge in [0.15, 0.2) is 0 Å². The maximum Gasteiger partial charge on any atom is 0.0897 e. The average molecular weight is 145 g/mol. The SMILES string of the molecule is CCC1CNCC1CCF. The Morgan fingerprint density at radius 2 is 2.10 bits per heavy atom. The monoisotopic (exact) mass is 145 g/mol. The predicted molar refractivity (Wildman–Crippen MR) is 40.7 cm³/mol. The van der Waals surface area contributed by atoms with Crippen molar-refractivity contribution in [2.45, 2.75) is 19.8 Å². The van der Waals surface area contributed by atoms with Gasteiger partial charge in [0, 0.05) is 0 Å². The maximum absolute atomic E-state index is 11.9. The molecule has 0 aromatic heterocycles. The van der Waals surface area contributed by atoms with E-state index in [1.165, 1.54) is 6.42 Å². The zero-order valence-corrected chi connectivity index (χ0v) is 6.57. The highest BCUT2D eigenvalue weighted by atomic mass is 19.1. The summed E-state index contributed by atoms with van der Waals surface area (Å²) in [4.78, 5) is 0. The summed E-state index contributed by atoms with van der Waals surface area (Å²) in [6.07, 6.45) is 1.95. The van der Waals surface area contributed by atoms with Crippen LogP contribution < -0.4 is 5.32 Å². The third-order valence-corrected chi connectivity index (χ3v) is 2.48. The first-order valence-electron chi connectivity index (χ1n) is 4.15. The largest absolute Gasteiger partial charge is 0.316 e. The smallest absolute Gasteiger partial charge is 0.0897 e. The molecule has 1 fully saturated rings. The molecule has 0 saturated carbocycles. The van der Waals surface area contributed by atoms with Crippen molar-refractivity contribution >= 4 is 0 Å². The Kier molecular flexibility index (Phi) is 3.13. The molecule has 60 valence electrons. The lowest BCUT2D eigenvalue weighted by atomic mass is 9.91. The van der Waals surface area contributed by atoms with Crippen molar-refractivity contribution in [3.05, 3.63) is 0 Å². The minimum Gasteiger partial charge on any atom is -0.316 e. The number of hydrogen-bond donors (Lipinski definition) is 1. The first kappa shape index (κ1) is 7.99. The van der Waals surface area contributed by atoms with Crippen LogP contribution in [0.2, 0.25) is 0 Å². The number of alkyl halides is 1. The summed E-state index contributed by atoms with van der Waals surface area (Å²) in [6.45, 7) is 4.16. The van der Waals surface area contributed by atoms with Crippen molar-refractivity contribution in [1.29, 1.82) is 0 Å². The fourth-order valence-corrected chi connectivity index (χ4v) is 1.74. The highest BCUT2D eigenvalue weighted by Crippen LogP contribution is 2.22. The highest BCUT2D eigenvalue weighted by Gasteiger charge is 2.24. The van der Waals surface area contributed by atoms with Crippen molar-refractivity contribution in [1.82, 2.24) is 5.32 Å². The van der Waals surface area contributed by atoms with E-state index in [9.17, 15) is 4.39 Å². The van der Waals surface area contributed by atoms with Crippen LogP contribution in [-0.4, -0.2) is 19.8 Å². The van der Waals surface area contributed by atoms with Crippen LogP contribution >= 0.6 is 0 Å². The second kappa shape index (κ2) is 3.91. The van der Waals surface area contributed by atoms with Gasteiger partial charge in [0.1, 0.15) is 0 Å². The molecule has 2 atom stereocenters. The quantitative estimate of drug-likeness (QED) is 0.636. The molecule has 2 heteroatoms. The van der Waals surface area contributed by atoms with Gasteiger partial charge in [-0.15, -0.1) is 0 Å². The summed E-state index contributed by atoms with van der Waals surface area (Å²) in [5, 5.41) is 3.29. The zero-order valence-electron chi connectivity index (χ0n) is 6.57. The van der Waals surface area contributed by atoms with E-state index < -0.39 is 0 Å². The molecule has 0 radical (unpaired) electrons. The van der Waals surface area contributed by atoms with Gasteiger partial charge < -0.3 is 5.32 Å². The Morgan fingerprint density at radius 1 is 1.40 bits per heavy atom. The molecular formula is C8H16FN. The molecule has 1 aliphatic rings. The summed E-state index contributed by atoms with van der Waals surface area (Å²) in [5.41, 5.74) is 0. The fraction of sp³-hybridized carbons (Fsp3) is 1.00. The Morgan fingerprint density at radius 3 is 2.70 bits per heavy atom. The van der Waals surface area contributed by atoms with Gasteiger partial charge in [-0.3, -0.25) is 4.39 Å². The van der Waals surface area contributed by atoms with Gasteiger partial charge in [0.05, 0.1) is 6.67 Å². The number of hydrogen-bond acceptors (Lipinski definition) is 1. The Labute approximate surface area is 62.0 Å². The summed E-state index contributed by atoms with van der Waals surface area (Å²) in [7, 11) is 0. The number of nitrogens with one attached hydrogen (secondary N) is 1. The molecule has 1 heterocycles. The summed E-state index contributed by atoms with van der Waals surface area (Å²) in [6, 6.07) is 0. The fourth-order valence-electron chi connectivity index (χ4n) is 1.74. The summed E-state index contributed by atoms with van der Waals surface area (Å²) < 4.78 is 11.9. The molecule has 0 aromatic carbocycles. The van der Waals surface area contributed by atoms with Crippen molar-refractivity contribution in [2.24, 2.45) is 11.8 Å². The van der Waals surface area contributed by atoms with Gasteiger partial charge in [0.2, 0.25) is 0 Å². The Bertz CT molecular complexity index is 95.3. The maximum atomic E-state index is 11.9. The van der Waals surface area contributed by atoms with Crippen LogP contribution in [0, 0.1) is 11.8 Å². The Hall–Kier alpha value is -0.110. The molecule has 1 aliphatic heterocycles.